The Morgan fingerprint density at radius 2 is 0.706 bits per heavy atom. The number of carbonyl (C=O) groups is 1. The van der Waals surface area contributed by atoms with Gasteiger partial charge in [-0.2, -0.15) is 0 Å². The molecular weight excluding hydrogens is 1610 g/mol. The number of halogens is 9. The topological polar surface area (TPSA) is 342 Å². The third-order valence-corrected chi connectivity index (χ3v) is 12.2. The average Bonchev–Trinajstić information content (AvgIpc) is 0.832. The summed E-state index contributed by atoms with van der Waals surface area (Å²) in [4.78, 5) is 33.9. The minimum atomic E-state index is -0.451. The van der Waals surface area contributed by atoms with Gasteiger partial charge in [0.2, 0.25) is 0 Å². The molecule has 0 atom stereocenters. The van der Waals surface area contributed by atoms with Crippen LogP contribution in [0.5, 0.6) is 0 Å². The van der Waals surface area contributed by atoms with Gasteiger partial charge in [-0.1, -0.05) is 231 Å². The number of aryl methyl sites for hydroxylation is 1. The highest BCUT2D eigenvalue weighted by atomic mass is 79.9. The van der Waals surface area contributed by atoms with Gasteiger partial charge in [-0.05, 0) is 110 Å². The summed E-state index contributed by atoms with van der Waals surface area (Å²) in [5.74, 6) is 47.4. The fourth-order valence-electron chi connectivity index (χ4n) is 7.02. The predicted octanol–water partition coefficient (Wildman–Crippen LogP) is 13.7. The molecule has 0 aliphatic heterocycles. The number of non-ortho nitro benzene ring substituents is 2. The molecule has 0 amide bonds. The minimum Gasteiger partial charge on any atom is -0.320 e. The number of fused-ring (bicyclic) bond motifs is 1. The first-order valence-electron chi connectivity index (χ1n) is 30.6. The van der Waals surface area contributed by atoms with E-state index in [9.17, 15) is 25.0 Å². The van der Waals surface area contributed by atoms with Crippen LogP contribution in [0, 0.1) is 141 Å². The number of hydrogen-bond donors (Lipinski definition) is 9. The van der Waals surface area contributed by atoms with E-state index in [2.05, 4.69) is 153 Å². The standard InChI is InChI=1S/C13H11N.C11H11NO.C10H8N2.C10H11N.C9H8BrN.2C9H8N2O2.C9H9N.C3H5N.8ClH/c14-10-4-8-12-7-3-6-11-5-1-2-9-13(11)12;1-9(13)11-6-4-10(5-7-11)3-2-8-12;1-12-10-6-4-9(5-7-10)3-2-8-11;1-9-4-6-10(7-5-9)3-2-8-11;10-9-5-3-8(4-6-9)2-1-7-11;10-6-2-4-8-3-1-5-9(7-8)11(12)13;10-7-1-2-8-3-5-9(6-4-8)11(12)13;10-8-4-7-9-5-2-1-3-6-9;1-2-3-4;;;;;;;;/h1-3,5-7,9H,10,14H2;4-7H,8,12H2,1H3;4-7H,8,11H2;4-7H,8,11H2,1H3;3-6H,7,11H2;1,3,5,7H,6,10H2;3-6H,7,10H2;1-3,5-6H,8,10H2;1H,3-4H2;8*1H. The zero-order valence-electron chi connectivity index (χ0n) is 59.4. The zero-order valence-corrected chi connectivity index (χ0v) is 67.6. The quantitative estimate of drug-likeness (QED) is 0.0261. The first-order valence-corrected chi connectivity index (χ1v) is 31.4. The van der Waals surface area contributed by atoms with Crippen LogP contribution in [0.4, 0.5) is 17.1 Å². The zero-order chi connectivity index (χ0) is 74.5. The summed E-state index contributed by atoms with van der Waals surface area (Å²) in [6.07, 6.45) is 4.65. The number of nitrogens with zero attached hydrogens (tertiary/aromatic N) is 3. The number of rotatable bonds is 3. The molecule has 26 heteroatoms. The highest BCUT2D eigenvalue weighted by molar-refractivity contribution is 9.10. The molecule has 9 aromatic carbocycles. The first kappa shape index (κ1) is 115. The van der Waals surface area contributed by atoms with Gasteiger partial charge >= 0.3 is 0 Å². The smallest absolute Gasteiger partial charge is 0.270 e. The second kappa shape index (κ2) is 75.9. The largest absolute Gasteiger partial charge is 0.320 e. The molecule has 0 unspecified atom stereocenters. The van der Waals surface area contributed by atoms with Crippen molar-refractivity contribution in [2.75, 3.05) is 58.9 Å². The number of nitrogens with two attached hydrogens (primary N) is 9. The van der Waals surface area contributed by atoms with E-state index < -0.39 is 9.85 Å². The summed E-state index contributed by atoms with van der Waals surface area (Å²) in [5, 5.41) is 23.0. The van der Waals surface area contributed by atoms with Crippen molar-refractivity contribution in [1.82, 2.24) is 0 Å². The van der Waals surface area contributed by atoms with Crippen molar-refractivity contribution in [1.29, 1.82) is 0 Å². The van der Waals surface area contributed by atoms with Crippen LogP contribution >= 0.6 is 115 Å². The normalized spacial score (nSPS) is 7.87. The van der Waals surface area contributed by atoms with Crippen LogP contribution in [0.15, 0.2) is 223 Å². The van der Waals surface area contributed by atoms with E-state index in [4.69, 9.17) is 58.2 Å². The number of ketones is 1. The number of hydrogen-bond acceptors (Lipinski definition) is 14. The maximum atomic E-state index is 10.9. The van der Waals surface area contributed by atoms with Gasteiger partial charge in [-0.25, -0.2) is 4.85 Å². The summed E-state index contributed by atoms with van der Waals surface area (Å²) in [7, 11) is 0. The molecule has 109 heavy (non-hydrogen) atoms. The molecule has 0 fully saturated rings. The lowest BCUT2D eigenvalue weighted by atomic mass is 10.1. The lowest BCUT2D eigenvalue weighted by molar-refractivity contribution is -0.385. The second-order valence-corrected chi connectivity index (χ2v) is 20.0. The number of terminal acetylenes is 1. The molecule has 9 rings (SSSR count). The first-order chi connectivity index (χ1) is 49.0. The maximum absolute atomic E-state index is 10.9. The molecule has 0 spiro atoms. The van der Waals surface area contributed by atoms with E-state index in [1.165, 1.54) is 40.6 Å². The van der Waals surface area contributed by atoms with Crippen molar-refractivity contribution >= 4 is 149 Å². The molecular formula is C83H87BrCl8N12O5. The molecule has 572 valence electrons. The Morgan fingerprint density at radius 3 is 1.08 bits per heavy atom. The molecule has 0 saturated carbocycles. The predicted molar refractivity (Wildman–Crippen MR) is 474 cm³/mol. The third kappa shape index (κ3) is 56.6. The molecule has 0 heterocycles. The van der Waals surface area contributed by atoms with Crippen molar-refractivity contribution in [3.8, 4) is 107 Å². The van der Waals surface area contributed by atoms with Crippen molar-refractivity contribution in [3.05, 3.63) is 310 Å². The maximum Gasteiger partial charge on any atom is 0.270 e. The molecule has 0 radical (unpaired) electrons. The fourth-order valence-corrected chi connectivity index (χ4v) is 7.28. The number of Topliss-reactive ketones (excluding diaryl/α,β-unsaturated/α-hetero) is 1. The number of nitro benzene ring substituents is 2. The van der Waals surface area contributed by atoms with Crippen LogP contribution in [0.2, 0.25) is 0 Å². The highest BCUT2D eigenvalue weighted by Gasteiger charge is 2.04. The van der Waals surface area contributed by atoms with E-state index in [1.807, 2.05) is 127 Å². The van der Waals surface area contributed by atoms with Crippen molar-refractivity contribution < 1.29 is 14.6 Å². The molecule has 0 bridgehead atoms. The Labute approximate surface area is 699 Å². The summed E-state index contributed by atoms with van der Waals surface area (Å²) in [6, 6.07) is 66.5. The SMILES string of the molecule is C#CCN.CC(=O)c1ccc(C#CCN)cc1.Cc1ccc(C#CCN)cc1.Cl.Cl.Cl.Cl.Cl.Cl.Cl.Cl.NCC#Cc1ccc(Br)cc1.NCC#Cc1ccc([N+](=O)[O-])cc1.NCC#Cc1cccc([N+](=O)[O-])c1.NCC#Cc1cccc2ccccc12.NCC#Cc1ccccc1.[C-]#[N+]c1ccc(C#CCN)cc1. The van der Waals surface area contributed by atoms with Crippen molar-refractivity contribution in [2.45, 2.75) is 13.8 Å². The van der Waals surface area contributed by atoms with E-state index in [0.29, 0.717) is 62.6 Å². The molecule has 0 aromatic heterocycles. The van der Waals surface area contributed by atoms with Gasteiger partial charge in [0, 0.05) is 78.8 Å². The Kier molecular flexibility index (Phi) is 79.7. The van der Waals surface area contributed by atoms with E-state index in [0.717, 1.165) is 43.4 Å². The monoisotopic (exact) mass is 1690 g/mol. The lowest BCUT2D eigenvalue weighted by Gasteiger charge is -1.98. The van der Waals surface area contributed by atoms with Gasteiger partial charge in [-0.3, -0.25) is 25.0 Å². The molecule has 9 aromatic rings. The van der Waals surface area contributed by atoms with E-state index in [-0.39, 0.29) is 130 Å². The Morgan fingerprint density at radius 1 is 0.394 bits per heavy atom. The van der Waals surface area contributed by atoms with Crippen LogP contribution in [0.3, 0.4) is 0 Å². The van der Waals surface area contributed by atoms with Crippen LogP contribution in [0.1, 0.15) is 67.4 Å². The minimum absolute atomic E-state index is 0. The molecule has 17 nitrogen and oxygen atoms in total. The second-order valence-electron chi connectivity index (χ2n) is 19.1. The summed E-state index contributed by atoms with van der Waals surface area (Å²) >= 11 is 3.34. The van der Waals surface area contributed by atoms with Crippen LogP contribution in [-0.2, 0) is 0 Å². The number of carbonyl (C=O) groups excluding carboxylic acids is 1. The highest BCUT2D eigenvalue weighted by Crippen LogP contribution is 2.18. The Balaban J connectivity index is -0.000000175. The van der Waals surface area contributed by atoms with Gasteiger partial charge in [0.1, 0.15) is 0 Å². The molecule has 0 aliphatic carbocycles. The van der Waals surface area contributed by atoms with Gasteiger partial charge in [0.25, 0.3) is 11.4 Å². The summed E-state index contributed by atoms with van der Waals surface area (Å²) in [5.41, 5.74) is 56.5. The van der Waals surface area contributed by atoms with E-state index in [1.54, 1.807) is 55.5 Å². The summed E-state index contributed by atoms with van der Waals surface area (Å²) in [6.45, 7) is 13.6. The van der Waals surface area contributed by atoms with Crippen LogP contribution in [0.25, 0.3) is 15.6 Å². The molecule has 18 N–H and O–H groups in total. The van der Waals surface area contributed by atoms with Gasteiger partial charge < -0.3 is 51.6 Å². The van der Waals surface area contributed by atoms with Gasteiger partial charge in [0.15, 0.2) is 11.5 Å². The molecule has 0 aliphatic rings. The van der Waals surface area contributed by atoms with Gasteiger partial charge in [0.05, 0.1) is 75.3 Å². The Hall–Kier alpha value is -10.3. The fraction of sp³-hybridized carbons (Fsp3) is 0.133. The third-order valence-electron chi connectivity index (χ3n) is 11.7. The van der Waals surface area contributed by atoms with Gasteiger partial charge in [-0.15, -0.1) is 106 Å². The van der Waals surface area contributed by atoms with Crippen LogP contribution < -0.4 is 51.6 Å². The number of nitro groups is 2. The number of benzene rings is 9. The average molecular weight is 1700 g/mol. The Bertz CT molecular complexity index is 4510. The van der Waals surface area contributed by atoms with Crippen LogP contribution in [-0.4, -0.2) is 74.5 Å². The summed E-state index contributed by atoms with van der Waals surface area (Å²) < 4.78 is 1.07. The van der Waals surface area contributed by atoms with Crippen molar-refractivity contribution in [2.24, 2.45) is 51.6 Å². The van der Waals surface area contributed by atoms with E-state index >= 15 is 0 Å². The molecule has 0 saturated heterocycles. The van der Waals surface area contributed by atoms with Crippen molar-refractivity contribution in [3.63, 3.8) is 0 Å². The lowest BCUT2D eigenvalue weighted by Crippen LogP contribution is -1.93.